The van der Waals surface area contributed by atoms with E-state index in [9.17, 15) is 9.59 Å². The molecule has 2 saturated heterocycles. The van der Waals surface area contributed by atoms with Crippen molar-refractivity contribution in [2.24, 2.45) is 0 Å². The Morgan fingerprint density at radius 2 is 1.95 bits per heavy atom. The molecule has 1 aromatic rings. The third-order valence-electron chi connectivity index (χ3n) is 3.57. The van der Waals surface area contributed by atoms with Crippen LogP contribution in [-0.4, -0.2) is 43.2 Å². The normalized spacial score (nSPS) is 32.3. The molecule has 6 nitrogen and oxygen atoms in total. The van der Waals surface area contributed by atoms with E-state index >= 15 is 0 Å². The van der Waals surface area contributed by atoms with E-state index in [0.29, 0.717) is 6.61 Å². The Balaban J connectivity index is 1.72. The van der Waals surface area contributed by atoms with Crippen LogP contribution < -0.4 is 5.32 Å². The average molecular weight is 291 g/mol. The number of carbonyl (C=O) groups is 2. The smallest absolute Gasteiger partial charge is 0.217 e. The summed E-state index contributed by atoms with van der Waals surface area (Å²) in [4.78, 5) is 23.5. The minimum absolute atomic E-state index is 0.155. The molecule has 2 fully saturated rings. The van der Waals surface area contributed by atoms with Gasteiger partial charge in [0.1, 0.15) is 18.2 Å². The molecule has 0 aromatic heterocycles. The fraction of sp³-hybridized carbons (Fsp3) is 0.467. The monoisotopic (exact) mass is 291 g/mol. The predicted molar refractivity (Wildman–Crippen MR) is 72.4 cm³/mol. The fourth-order valence-corrected chi connectivity index (χ4v) is 2.56. The maximum atomic E-state index is 12.4. The van der Waals surface area contributed by atoms with Crippen molar-refractivity contribution in [1.82, 2.24) is 5.32 Å². The Hall–Kier alpha value is -1.76. The van der Waals surface area contributed by atoms with Gasteiger partial charge in [-0.15, -0.1) is 0 Å². The maximum absolute atomic E-state index is 12.4. The molecule has 0 spiro atoms. The molecule has 0 saturated carbocycles. The molecule has 0 aliphatic carbocycles. The van der Waals surface area contributed by atoms with Gasteiger partial charge < -0.3 is 19.5 Å². The number of carbonyl (C=O) groups excluding carboxylic acids is 2. The molecule has 2 heterocycles. The summed E-state index contributed by atoms with van der Waals surface area (Å²) in [7, 11) is 0. The zero-order chi connectivity index (χ0) is 14.8. The van der Waals surface area contributed by atoms with Gasteiger partial charge in [0.25, 0.3) is 0 Å². The SMILES string of the molecule is CC(=O)N[C@H]1CO[C@@H]2COC(c3ccccc3)O[C@H]2C1=O. The highest BCUT2D eigenvalue weighted by molar-refractivity contribution is 5.92. The molecule has 6 heteroatoms. The molecular formula is C15H17NO5. The Morgan fingerprint density at radius 3 is 2.67 bits per heavy atom. The summed E-state index contributed by atoms with van der Waals surface area (Å²) >= 11 is 0. The standard InChI is InChI=1S/C15H17NO5/c1-9(17)16-11-7-19-12-8-20-15(21-14(12)13(11)18)10-5-3-2-4-6-10/h2-6,11-12,14-15H,7-8H2,1H3,(H,16,17)/t11-,12+,14+,15?/m0/s1. The van der Waals surface area contributed by atoms with Crippen LogP contribution in [0.3, 0.4) is 0 Å². The largest absolute Gasteiger partial charge is 0.370 e. The summed E-state index contributed by atoms with van der Waals surface area (Å²) in [6.45, 7) is 1.82. The zero-order valence-electron chi connectivity index (χ0n) is 11.7. The van der Waals surface area contributed by atoms with Crippen LogP contribution >= 0.6 is 0 Å². The van der Waals surface area contributed by atoms with Crippen molar-refractivity contribution in [3.8, 4) is 0 Å². The van der Waals surface area contributed by atoms with Crippen LogP contribution in [0.15, 0.2) is 30.3 Å². The summed E-state index contributed by atoms with van der Waals surface area (Å²) in [5.74, 6) is -0.423. The zero-order valence-corrected chi connectivity index (χ0v) is 11.7. The lowest BCUT2D eigenvalue weighted by Gasteiger charge is -2.40. The first-order chi connectivity index (χ1) is 10.1. The van der Waals surface area contributed by atoms with Gasteiger partial charge in [-0.1, -0.05) is 30.3 Å². The van der Waals surface area contributed by atoms with E-state index in [1.54, 1.807) is 0 Å². The lowest BCUT2D eigenvalue weighted by atomic mass is 9.99. The first kappa shape index (κ1) is 14.2. The molecule has 0 bridgehead atoms. The van der Waals surface area contributed by atoms with Crippen LogP contribution in [0.5, 0.6) is 0 Å². The van der Waals surface area contributed by atoms with E-state index in [4.69, 9.17) is 14.2 Å². The summed E-state index contributed by atoms with van der Waals surface area (Å²) < 4.78 is 16.9. The van der Waals surface area contributed by atoms with Crippen molar-refractivity contribution < 1.29 is 23.8 Å². The number of amides is 1. The number of benzene rings is 1. The molecule has 1 amide bonds. The number of ketones is 1. The molecular weight excluding hydrogens is 274 g/mol. The van der Waals surface area contributed by atoms with Crippen LogP contribution in [0.2, 0.25) is 0 Å². The topological polar surface area (TPSA) is 73.9 Å². The molecule has 2 aliphatic heterocycles. The number of hydrogen-bond donors (Lipinski definition) is 1. The molecule has 112 valence electrons. The van der Waals surface area contributed by atoms with Gasteiger partial charge in [-0.05, 0) is 0 Å². The number of fused-ring (bicyclic) bond motifs is 1. The van der Waals surface area contributed by atoms with Crippen LogP contribution in [0.1, 0.15) is 18.8 Å². The molecule has 21 heavy (non-hydrogen) atoms. The summed E-state index contributed by atoms with van der Waals surface area (Å²) in [5.41, 5.74) is 0.852. The van der Waals surface area contributed by atoms with Crippen molar-refractivity contribution in [2.45, 2.75) is 31.5 Å². The van der Waals surface area contributed by atoms with Gasteiger partial charge in [0.05, 0.1) is 13.2 Å². The van der Waals surface area contributed by atoms with Crippen molar-refractivity contribution >= 4 is 11.7 Å². The van der Waals surface area contributed by atoms with Gasteiger partial charge in [0.2, 0.25) is 5.91 Å². The lowest BCUT2D eigenvalue weighted by molar-refractivity contribution is -0.268. The first-order valence-corrected chi connectivity index (χ1v) is 6.89. The van der Waals surface area contributed by atoms with Crippen LogP contribution in [0, 0.1) is 0 Å². The lowest BCUT2D eigenvalue weighted by Crippen LogP contribution is -2.60. The van der Waals surface area contributed by atoms with Crippen molar-refractivity contribution in [2.75, 3.05) is 13.2 Å². The van der Waals surface area contributed by atoms with Crippen molar-refractivity contribution in [1.29, 1.82) is 0 Å². The van der Waals surface area contributed by atoms with E-state index in [0.717, 1.165) is 5.56 Å². The highest BCUT2D eigenvalue weighted by atomic mass is 16.7. The van der Waals surface area contributed by atoms with Crippen LogP contribution in [0.4, 0.5) is 0 Å². The van der Waals surface area contributed by atoms with Crippen LogP contribution in [-0.2, 0) is 23.8 Å². The molecule has 1 N–H and O–H groups in total. The highest BCUT2D eigenvalue weighted by Gasteiger charge is 2.45. The second-order valence-corrected chi connectivity index (χ2v) is 5.16. The minimum atomic E-state index is -0.713. The van der Waals surface area contributed by atoms with E-state index in [-0.39, 0.29) is 18.3 Å². The molecule has 0 radical (unpaired) electrons. The van der Waals surface area contributed by atoms with Crippen molar-refractivity contribution in [3.63, 3.8) is 0 Å². The Bertz CT molecular complexity index is 532. The summed E-state index contributed by atoms with van der Waals surface area (Å²) in [6, 6.07) is 8.77. The predicted octanol–water partition coefficient (Wildman–Crippen LogP) is 0.573. The van der Waals surface area contributed by atoms with Gasteiger partial charge in [0, 0.05) is 12.5 Å². The van der Waals surface area contributed by atoms with Gasteiger partial charge in [-0.3, -0.25) is 9.59 Å². The van der Waals surface area contributed by atoms with E-state index in [2.05, 4.69) is 5.32 Å². The number of ether oxygens (including phenoxy) is 3. The molecule has 1 unspecified atom stereocenters. The first-order valence-electron chi connectivity index (χ1n) is 6.89. The molecule has 1 aromatic carbocycles. The van der Waals surface area contributed by atoms with E-state index < -0.39 is 24.5 Å². The quantitative estimate of drug-likeness (QED) is 0.862. The summed E-state index contributed by atoms with van der Waals surface area (Å²) in [6.07, 6.45) is -1.71. The average Bonchev–Trinajstić information content (AvgIpc) is 2.50. The van der Waals surface area contributed by atoms with E-state index in [1.807, 2.05) is 30.3 Å². The molecule has 2 aliphatic rings. The second kappa shape index (κ2) is 5.93. The van der Waals surface area contributed by atoms with Gasteiger partial charge in [0.15, 0.2) is 12.1 Å². The Morgan fingerprint density at radius 1 is 1.19 bits per heavy atom. The number of Topliss-reactive ketones (excluding diaryl/α,β-unsaturated/α-hetero) is 1. The number of hydrogen-bond acceptors (Lipinski definition) is 5. The number of nitrogens with one attached hydrogen (secondary N) is 1. The Labute approximate surface area is 122 Å². The van der Waals surface area contributed by atoms with Crippen molar-refractivity contribution in [3.05, 3.63) is 35.9 Å². The second-order valence-electron chi connectivity index (χ2n) is 5.16. The maximum Gasteiger partial charge on any atom is 0.217 e. The third-order valence-corrected chi connectivity index (χ3v) is 3.57. The fourth-order valence-electron chi connectivity index (χ4n) is 2.56. The number of rotatable bonds is 2. The van der Waals surface area contributed by atoms with Crippen LogP contribution in [0.25, 0.3) is 0 Å². The van der Waals surface area contributed by atoms with Gasteiger partial charge in [-0.25, -0.2) is 0 Å². The highest BCUT2D eigenvalue weighted by Crippen LogP contribution is 2.30. The minimum Gasteiger partial charge on any atom is -0.370 e. The van der Waals surface area contributed by atoms with Gasteiger partial charge in [-0.2, -0.15) is 0 Å². The molecule has 4 atom stereocenters. The summed E-state index contributed by atoms with van der Waals surface area (Å²) in [5, 5.41) is 2.58. The van der Waals surface area contributed by atoms with E-state index in [1.165, 1.54) is 6.92 Å². The van der Waals surface area contributed by atoms with Gasteiger partial charge >= 0.3 is 0 Å². The molecule has 3 rings (SSSR count). The Kier molecular flexibility index (Phi) is 4.01. The third kappa shape index (κ3) is 2.97.